The van der Waals surface area contributed by atoms with Crippen LogP contribution in [0.1, 0.15) is 66.1 Å². The van der Waals surface area contributed by atoms with E-state index in [0.29, 0.717) is 0 Å². The van der Waals surface area contributed by atoms with Gasteiger partial charge < -0.3 is 15.2 Å². The lowest BCUT2D eigenvalue weighted by molar-refractivity contribution is 0.332. The molecule has 25 heavy (non-hydrogen) atoms. The Morgan fingerprint density at radius 1 is 1.20 bits per heavy atom. The van der Waals surface area contributed by atoms with Gasteiger partial charge in [-0.3, -0.25) is 4.99 Å². The lowest BCUT2D eigenvalue weighted by Gasteiger charge is -2.23. The fourth-order valence-corrected chi connectivity index (χ4v) is 2.60. The molecule has 0 aromatic carbocycles. The number of nitrogens with one attached hydrogen (secondary N) is 2. The number of halogens is 1. The number of unbranched alkanes of at least 4 members (excludes halogenated alkanes) is 2. The topological polar surface area (TPSA) is 67.1 Å². The minimum atomic E-state index is 0. The molecule has 0 bridgehead atoms. The summed E-state index contributed by atoms with van der Waals surface area (Å²) < 4.78 is 2.09. The van der Waals surface area contributed by atoms with E-state index < -0.39 is 0 Å². The predicted molar refractivity (Wildman–Crippen MR) is 117 cm³/mol. The summed E-state index contributed by atoms with van der Waals surface area (Å²) in [5, 5.41) is 14.8. The van der Waals surface area contributed by atoms with Crippen molar-refractivity contribution in [2.24, 2.45) is 10.4 Å². The largest absolute Gasteiger partial charge is 0.357 e. The standard InChI is InChI=1S/C18H36N6.HI/c1-6-9-10-11-18(4,5)14-21-17(19-8-3)20-12-13-24-15-22-23-16(24)7-2;/h15H,6-14H2,1-5H3,(H2,19,20,21);1H. The minimum Gasteiger partial charge on any atom is -0.357 e. The molecule has 6 nitrogen and oxygen atoms in total. The maximum Gasteiger partial charge on any atom is 0.191 e. The Morgan fingerprint density at radius 3 is 2.60 bits per heavy atom. The van der Waals surface area contributed by atoms with Crippen LogP contribution in [0.2, 0.25) is 0 Å². The van der Waals surface area contributed by atoms with Crippen LogP contribution in [0.3, 0.4) is 0 Å². The number of rotatable bonds is 11. The average Bonchev–Trinajstić information content (AvgIpc) is 3.00. The summed E-state index contributed by atoms with van der Waals surface area (Å²) in [5.41, 5.74) is 0.251. The third kappa shape index (κ3) is 10.0. The Labute approximate surface area is 170 Å². The van der Waals surface area contributed by atoms with Crippen molar-refractivity contribution in [3.8, 4) is 0 Å². The molecule has 0 amide bonds. The molecule has 0 spiro atoms. The van der Waals surface area contributed by atoms with Gasteiger partial charge in [0.05, 0.1) is 0 Å². The second-order valence-corrected chi connectivity index (χ2v) is 7.04. The molecule has 0 unspecified atom stereocenters. The van der Waals surface area contributed by atoms with E-state index in [9.17, 15) is 0 Å². The van der Waals surface area contributed by atoms with Crippen LogP contribution >= 0.6 is 24.0 Å². The normalized spacial score (nSPS) is 12.0. The van der Waals surface area contributed by atoms with Crippen LogP contribution in [-0.2, 0) is 13.0 Å². The number of aliphatic imine (C=N–C) groups is 1. The molecule has 0 aliphatic heterocycles. The van der Waals surface area contributed by atoms with Crippen LogP contribution in [-0.4, -0.2) is 40.4 Å². The van der Waals surface area contributed by atoms with E-state index in [0.717, 1.165) is 44.4 Å². The number of aryl methyl sites for hydroxylation is 1. The van der Waals surface area contributed by atoms with E-state index in [-0.39, 0.29) is 29.4 Å². The lowest BCUT2D eigenvalue weighted by atomic mass is 9.87. The summed E-state index contributed by atoms with van der Waals surface area (Å²) in [5.74, 6) is 1.92. The fraction of sp³-hybridized carbons (Fsp3) is 0.833. The molecule has 0 fully saturated rings. The van der Waals surface area contributed by atoms with Crippen molar-refractivity contribution in [3.63, 3.8) is 0 Å². The molecule has 1 heterocycles. The number of hydrogen-bond donors (Lipinski definition) is 2. The molecular formula is C18H37IN6. The molecule has 0 aliphatic rings. The predicted octanol–water partition coefficient (Wildman–Crippen LogP) is 3.62. The second-order valence-electron chi connectivity index (χ2n) is 7.04. The summed E-state index contributed by atoms with van der Waals surface area (Å²) in [6, 6.07) is 0. The Kier molecular flexibility index (Phi) is 12.9. The highest BCUT2D eigenvalue weighted by atomic mass is 127. The zero-order chi connectivity index (χ0) is 17.8. The van der Waals surface area contributed by atoms with E-state index >= 15 is 0 Å². The zero-order valence-corrected chi connectivity index (χ0v) is 19.0. The van der Waals surface area contributed by atoms with Gasteiger partial charge in [-0.25, -0.2) is 0 Å². The van der Waals surface area contributed by atoms with Crippen LogP contribution in [0.15, 0.2) is 11.3 Å². The van der Waals surface area contributed by atoms with E-state index in [1.165, 1.54) is 25.7 Å². The Hall–Kier alpha value is -0.860. The van der Waals surface area contributed by atoms with E-state index in [4.69, 9.17) is 4.99 Å². The highest BCUT2D eigenvalue weighted by molar-refractivity contribution is 14.0. The smallest absolute Gasteiger partial charge is 0.191 e. The molecule has 0 saturated carbocycles. The summed E-state index contributed by atoms with van der Waals surface area (Å²) in [6.07, 6.45) is 7.79. The van der Waals surface area contributed by atoms with Crippen LogP contribution in [0, 0.1) is 5.41 Å². The molecule has 0 aliphatic carbocycles. The maximum absolute atomic E-state index is 4.78. The van der Waals surface area contributed by atoms with Crippen molar-refractivity contribution in [2.75, 3.05) is 19.6 Å². The third-order valence-electron chi connectivity index (χ3n) is 4.12. The molecular weight excluding hydrogens is 427 g/mol. The van der Waals surface area contributed by atoms with E-state index in [1.807, 2.05) is 0 Å². The van der Waals surface area contributed by atoms with Crippen molar-refractivity contribution >= 4 is 29.9 Å². The highest BCUT2D eigenvalue weighted by Crippen LogP contribution is 2.23. The van der Waals surface area contributed by atoms with E-state index in [2.05, 4.69) is 60.0 Å². The van der Waals surface area contributed by atoms with Crippen molar-refractivity contribution in [1.82, 2.24) is 25.4 Å². The van der Waals surface area contributed by atoms with Crippen LogP contribution < -0.4 is 10.6 Å². The van der Waals surface area contributed by atoms with Crippen LogP contribution in [0.4, 0.5) is 0 Å². The van der Waals surface area contributed by atoms with Crippen molar-refractivity contribution in [2.45, 2.75) is 73.3 Å². The molecule has 1 aromatic rings. The van der Waals surface area contributed by atoms with Gasteiger partial charge in [0.25, 0.3) is 0 Å². The van der Waals surface area contributed by atoms with Crippen LogP contribution in [0.5, 0.6) is 0 Å². The van der Waals surface area contributed by atoms with Gasteiger partial charge in [0.1, 0.15) is 12.2 Å². The van der Waals surface area contributed by atoms with Gasteiger partial charge in [0.2, 0.25) is 0 Å². The Bertz CT molecular complexity index is 484. The number of guanidine groups is 1. The average molecular weight is 464 g/mol. The second kappa shape index (κ2) is 13.4. The van der Waals surface area contributed by atoms with Crippen molar-refractivity contribution in [3.05, 3.63) is 12.2 Å². The first-order valence-electron chi connectivity index (χ1n) is 9.41. The Balaban J connectivity index is 0.00000576. The first-order valence-corrected chi connectivity index (χ1v) is 9.41. The van der Waals surface area contributed by atoms with Gasteiger partial charge in [0.15, 0.2) is 5.96 Å². The van der Waals surface area contributed by atoms with Gasteiger partial charge in [-0.05, 0) is 18.8 Å². The summed E-state index contributed by atoms with van der Waals surface area (Å²) in [4.78, 5) is 4.78. The molecule has 0 saturated heterocycles. The molecule has 0 radical (unpaired) electrons. The lowest BCUT2D eigenvalue weighted by Crippen LogP contribution is -2.39. The van der Waals surface area contributed by atoms with Gasteiger partial charge in [-0.1, -0.05) is 47.0 Å². The first kappa shape index (κ1) is 24.1. The van der Waals surface area contributed by atoms with E-state index in [1.54, 1.807) is 6.33 Å². The summed E-state index contributed by atoms with van der Waals surface area (Å²) in [7, 11) is 0. The zero-order valence-electron chi connectivity index (χ0n) is 16.6. The van der Waals surface area contributed by atoms with Crippen molar-refractivity contribution in [1.29, 1.82) is 0 Å². The number of hydrogen-bond acceptors (Lipinski definition) is 3. The molecule has 1 aromatic heterocycles. The van der Waals surface area contributed by atoms with Crippen molar-refractivity contribution < 1.29 is 0 Å². The SMILES string of the molecule is CCCCCC(C)(C)CN=C(NCC)NCCn1cnnc1CC.I. The summed E-state index contributed by atoms with van der Waals surface area (Å²) >= 11 is 0. The van der Waals surface area contributed by atoms with Gasteiger partial charge in [0, 0.05) is 32.6 Å². The fourth-order valence-electron chi connectivity index (χ4n) is 2.60. The Morgan fingerprint density at radius 2 is 1.96 bits per heavy atom. The minimum absolute atomic E-state index is 0. The number of nitrogens with zero attached hydrogens (tertiary/aromatic N) is 4. The molecule has 0 atom stereocenters. The highest BCUT2D eigenvalue weighted by Gasteiger charge is 2.17. The molecule has 146 valence electrons. The number of aromatic nitrogens is 3. The quantitative estimate of drug-likeness (QED) is 0.227. The van der Waals surface area contributed by atoms with Crippen LogP contribution in [0.25, 0.3) is 0 Å². The maximum atomic E-state index is 4.78. The van der Waals surface area contributed by atoms with Gasteiger partial charge >= 0.3 is 0 Å². The van der Waals surface area contributed by atoms with Gasteiger partial charge in [-0.2, -0.15) is 0 Å². The molecule has 7 heteroatoms. The third-order valence-corrected chi connectivity index (χ3v) is 4.12. The molecule has 1 rings (SSSR count). The first-order chi connectivity index (χ1) is 11.5. The monoisotopic (exact) mass is 464 g/mol. The summed E-state index contributed by atoms with van der Waals surface area (Å²) in [6.45, 7) is 14.4. The van der Waals surface area contributed by atoms with Gasteiger partial charge in [-0.15, -0.1) is 34.2 Å². The molecule has 2 N–H and O–H groups in total.